The Labute approximate surface area is 233 Å². The van der Waals surface area contributed by atoms with Gasteiger partial charge in [0, 0.05) is 17.5 Å². The highest BCUT2D eigenvalue weighted by molar-refractivity contribution is 14.1. The van der Waals surface area contributed by atoms with Crippen molar-refractivity contribution in [3.63, 3.8) is 0 Å². The number of para-hydroxylation sites is 2. The lowest BCUT2D eigenvalue weighted by atomic mass is 10.2. The average Bonchev–Trinajstić information content (AvgIpc) is 3.38. The zero-order chi connectivity index (χ0) is 26.9. The average molecular weight is 629 g/mol. The van der Waals surface area contributed by atoms with Crippen LogP contribution in [0.3, 0.4) is 0 Å². The van der Waals surface area contributed by atoms with Crippen molar-refractivity contribution in [1.29, 1.82) is 0 Å². The fraction of sp³-hybridized carbons (Fsp3) is 0. The van der Waals surface area contributed by atoms with Gasteiger partial charge in [0.05, 0.1) is 25.6 Å². The number of furan rings is 1. The first kappa shape index (κ1) is 24.4. The highest BCUT2D eigenvalue weighted by Crippen LogP contribution is 2.28. The van der Waals surface area contributed by atoms with Crippen LogP contribution in [0.4, 0.5) is 5.69 Å². The molecule has 6 aromatic rings. The maximum Gasteiger partial charge on any atom is 0.287 e. The summed E-state index contributed by atoms with van der Waals surface area (Å²) in [6, 6.07) is 24.6. The molecule has 0 aliphatic heterocycles. The van der Waals surface area contributed by atoms with E-state index in [9.17, 15) is 14.9 Å². The summed E-state index contributed by atoms with van der Waals surface area (Å²) in [7, 11) is 0. The third-order valence-electron chi connectivity index (χ3n) is 5.82. The summed E-state index contributed by atoms with van der Waals surface area (Å²) in [6.07, 6.45) is 2.69. The molecule has 10 nitrogen and oxygen atoms in total. The number of hydrogen-bond donors (Lipinski definition) is 0. The van der Waals surface area contributed by atoms with E-state index in [4.69, 9.17) is 14.1 Å². The Morgan fingerprint density at radius 1 is 1.03 bits per heavy atom. The van der Waals surface area contributed by atoms with Crippen molar-refractivity contribution >= 4 is 56.4 Å². The quantitative estimate of drug-likeness (QED) is 0.0905. The van der Waals surface area contributed by atoms with Crippen molar-refractivity contribution in [2.45, 2.75) is 0 Å². The van der Waals surface area contributed by atoms with Gasteiger partial charge in [-0.3, -0.25) is 14.9 Å². The van der Waals surface area contributed by atoms with Crippen molar-refractivity contribution in [3.05, 3.63) is 121 Å². The first-order valence-electron chi connectivity index (χ1n) is 11.6. The van der Waals surface area contributed by atoms with Gasteiger partial charge in [0.1, 0.15) is 17.5 Å². The standard InChI is InChI=1S/C28H16IN5O5/c29-21-13-17(9-11-24(21)39-26-12-10-19(16-30-26)34(36)37)15-31-33-27(25-14-18-5-1-4-8-23(18)38-25)32-22-7-3-2-6-20(22)28(33)35/h1-16H. The molecule has 0 amide bonds. The number of nitro groups is 1. The van der Waals surface area contributed by atoms with Gasteiger partial charge in [-0.15, -0.1) is 0 Å². The molecule has 6 rings (SSSR count). The van der Waals surface area contributed by atoms with Gasteiger partial charge < -0.3 is 9.15 Å². The Hall–Kier alpha value is -4.91. The van der Waals surface area contributed by atoms with E-state index in [0.29, 0.717) is 33.6 Å². The fourth-order valence-corrected chi connectivity index (χ4v) is 4.59. The minimum absolute atomic E-state index is 0.121. The van der Waals surface area contributed by atoms with E-state index in [1.165, 1.54) is 16.8 Å². The molecular formula is C28H16IN5O5. The largest absolute Gasteiger partial charge is 0.453 e. The highest BCUT2D eigenvalue weighted by Gasteiger charge is 2.16. The first-order chi connectivity index (χ1) is 19.0. The van der Waals surface area contributed by atoms with Crippen LogP contribution in [-0.2, 0) is 0 Å². The second-order valence-corrected chi connectivity index (χ2v) is 9.53. The predicted molar refractivity (Wildman–Crippen MR) is 154 cm³/mol. The zero-order valence-corrected chi connectivity index (χ0v) is 22.1. The lowest BCUT2D eigenvalue weighted by Crippen LogP contribution is -2.20. The summed E-state index contributed by atoms with van der Waals surface area (Å²) in [5, 5.41) is 16.6. The molecular weight excluding hydrogens is 613 g/mol. The molecule has 3 aromatic heterocycles. The van der Waals surface area contributed by atoms with E-state index < -0.39 is 4.92 Å². The molecule has 0 N–H and O–H groups in total. The molecule has 0 saturated heterocycles. The number of benzene rings is 3. The number of aromatic nitrogens is 3. The van der Waals surface area contributed by atoms with E-state index in [0.717, 1.165) is 15.2 Å². The van der Waals surface area contributed by atoms with E-state index in [2.05, 4.69) is 32.7 Å². The molecule has 11 heteroatoms. The highest BCUT2D eigenvalue weighted by atomic mass is 127. The second kappa shape index (κ2) is 10.1. The lowest BCUT2D eigenvalue weighted by molar-refractivity contribution is -0.385. The molecule has 0 saturated carbocycles. The third kappa shape index (κ3) is 4.86. The van der Waals surface area contributed by atoms with Crippen LogP contribution in [0, 0.1) is 13.7 Å². The van der Waals surface area contributed by atoms with E-state index in [-0.39, 0.29) is 23.0 Å². The number of fused-ring (bicyclic) bond motifs is 2. The van der Waals surface area contributed by atoms with Gasteiger partial charge in [0.2, 0.25) is 11.7 Å². The van der Waals surface area contributed by atoms with Crippen LogP contribution >= 0.6 is 22.6 Å². The summed E-state index contributed by atoms with van der Waals surface area (Å²) < 4.78 is 13.8. The van der Waals surface area contributed by atoms with Gasteiger partial charge in [0.15, 0.2) is 5.76 Å². The molecule has 39 heavy (non-hydrogen) atoms. The van der Waals surface area contributed by atoms with Crippen LogP contribution in [0.2, 0.25) is 0 Å². The topological polar surface area (TPSA) is 126 Å². The van der Waals surface area contributed by atoms with E-state index in [1.54, 1.807) is 36.5 Å². The smallest absolute Gasteiger partial charge is 0.287 e. The third-order valence-corrected chi connectivity index (χ3v) is 6.67. The molecule has 3 heterocycles. The SMILES string of the molecule is O=c1c2ccccc2nc(-c2cc3ccccc3o2)n1N=Cc1ccc(Oc2ccc([N+](=O)[O-])cn2)c(I)c1. The maximum absolute atomic E-state index is 13.4. The number of ether oxygens (including phenoxy) is 1. The van der Waals surface area contributed by atoms with Crippen LogP contribution in [0.5, 0.6) is 11.6 Å². The Bertz CT molecular complexity index is 1930. The van der Waals surface area contributed by atoms with Crippen LogP contribution < -0.4 is 10.3 Å². The van der Waals surface area contributed by atoms with E-state index in [1.807, 2.05) is 42.5 Å². The summed E-state index contributed by atoms with van der Waals surface area (Å²) in [4.78, 5) is 32.4. The molecule has 3 aromatic carbocycles. The van der Waals surface area contributed by atoms with E-state index >= 15 is 0 Å². The van der Waals surface area contributed by atoms with Crippen LogP contribution in [-0.4, -0.2) is 25.8 Å². The first-order valence-corrected chi connectivity index (χ1v) is 12.7. The molecule has 0 bridgehead atoms. The zero-order valence-electron chi connectivity index (χ0n) is 19.9. The summed E-state index contributed by atoms with van der Waals surface area (Å²) >= 11 is 2.11. The van der Waals surface area contributed by atoms with Crippen LogP contribution in [0.1, 0.15) is 5.56 Å². The molecule has 0 atom stereocenters. The maximum atomic E-state index is 13.4. The molecule has 190 valence electrons. The Morgan fingerprint density at radius 2 is 1.85 bits per heavy atom. The van der Waals surface area contributed by atoms with Gasteiger partial charge in [0.25, 0.3) is 11.2 Å². The number of nitrogens with zero attached hydrogens (tertiary/aromatic N) is 5. The fourth-order valence-electron chi connectivity index (χ4n) is 3.94. The van der Waals surface area contributed by atoms with Crippen molar-refractivity contribution in [1.82, 2.24) is 14.6 Å². The summed E-state index contributed by atoms with van der Waals surface area (Å²) in [5.74, 6) is 1.45. The number of halogens is 1. The Balaban J connectivity index is 1.36. The number of rotatable bonds is 6. The van der Waals surface area contributed by atoms with Gasteiger partial charge in [-0.05, 0) is 70.6 Å². The Kier molecular flexibility index (Phi) is 6.32. The van der Waals surface area contributed by atoms with Crippen molar-refractivity contribution in [2.75, 3.05) is 0 Å². The van der Waals surface area contributed by atoms with Crippen molar-refractivity contribution in [3.8, 4) is 23.2 Å². The molecule has 0 spiro atoms. The number of pyridine rings is 1. The summed E-state index contributed by atoms with van der Waals surface area (Å²) in [5.41, 5.74) is 1.48. The molecule has 0 radical (unpaired) electrons. The summed E-state index contributed by atoms with van der Waals surface area (Å²) in [6.45, 7) is 0. The lowest BCUT2D eigenvalue weighted by Gasteiger charge is -2.08. The van der Waals surface area contributed by atoms with Gasteiger partial charge in [-0.2, -0.15) is 9.78 Å². The minimum Gasteiger partial charge on any atom is -0.453 e. The van der Waals surface area contributed by atoms with Gasteiger partial charge >= 0.3 is 0 Å². The van der Waals surface area contributed by atoms with Gasteiger partial charge in [-0.1, -0.05) is 30.3 Å². The van der Waals surface area contributed by atoms with Crippen LogP contribution in [0.15, 0.2) is 105 Å². The molecule has 0 aliphatic carbocycles. The van der Waals surface area contributed by atoms with Crippen molar-refractivity contribution < 1.29 is 14.1 Å². The van der Waals surface area contributed by atoms with Crippen LogP contribution in [0.25, 0.3) is 33.5 Å². The Morgan fingerprint density at radius 3 is 2.62 bits per heavy atom. The predicted octanol–water partition coefficient (Wildman–Crippen LogP) is 6.39. The molecule has 0 aliphatic rings. The molecule has 0 unspecified atom stereocenters. The van der Waals surface area contributed by atoms with Crippen molar-refractivity contribution in [2.24, 2.45) is 5.10 Å². The number of hydrogen-bond acceptors (Lipinski definition) is 8. The van der Waals surface area contributed by atoms with Gasteiger partial charge in [-0.25, -0.2) is 9.97 Å². The molecule has 0 fully saturated rings. The minimum atomic E-state index is -0.523. The monoisotopic (exact) mass is 629 g/mol. The second-order valence-electron chi connectivity index (χ2n) is 8.37. The normalized spacial score (nSPS) is 11.4.